The molecule has 0 fully saturated rings. The first-order chi connectivity index (χ1) is 17.2. The van der Waals surface area contributed by atoms with Crippen molar-refractivity contribution in [2.45, 2.75) is 46.5 Å². The fourth-order valence-corrected chi connectivity index (χ4v) is 4.05. The minimum atomic E-state index is 0.462. The molecule has 2 heteroatoms. The van der Waals surface area contributed by atoms with Crippen molar-refractivity contribution in [2.75, 3.05) is 10.2 Å². The van der Waals surface area contributed by atoms with Crippen molar-refractivity contribution >= 4 is 22.7 Å². The Hall–Kier alpha value is -3.78. The van der Waals surface area contributed by atoms with Crippen molar-refractivity contribution in [3.05, 3.63) is 133 Å². The van der Waals surface area contributed by atoms with Gasteiger partial charge in [0, 0.05) is 34.9 Å². The van der Waals surface area contributed by atoms with E-state index in [0.717, 1.165) is 35.6 Å². The van der Waals surface area contributed by atoms with Crippen molar-refractivity contribution in [2.24, 2.45) is 0 Å². The minimum Gasteiger partial charge on any atom is -0.362 e. The third-order valence-electron chi connectivity index (χ3n) is 5.90. The molecule has 35 heavy (non-hydrogen) atoms. The Morgan fingerprint density at radius 3 is 2.09 bits per heavy atom. The number of hydrogen-bond donors (Lipinski definition) is 1. The maximum atomic E-state index is 3.36. The Labute approximate surface area is 212 Å². The number of nitrogens with one attached hydrogen (secondary N) is 1. The molecule has 0 spiro atoms. The average molecular weight is 463 g/mol. The summed E-state index contributed by atoms with van der Waals surface area (Å²) >= 11 is 0. The first kappa shape index (κ1) is 25.8. The number of rotatable bonds is 11. The zero-order valence-corrected chi connectivity index (χ0v) is 21.5. The van der Waals surface area contributed by atoms with E-state index in [4.69, 9.17) is 0 Å². The molecule has 0 saturated carbocycles. The van der Waals surface area contributed by atoms with Gasteiger partial charge in [-0.3, -0.25) is 0 Å². The fraction of sp³-hybridized carbons (Fsp3) is 0.212. The normalized spacial score (nSPS) is 13.1. The van der Waals surface area contributed by atoms with E-state index in [2.05, 4.69) is 134 Å². The van der Waals surface area contributed by atoms with Gasteiger partial charge in [0.25, 0.3) is 0 Å². The molecule has 1 atom stereocenters. The molecule has 0 aliphatic heterocycles. The van der Waals surface area contributed by atoms with Crippen LogP contribution in [0, 0.1) is 0 Å². The van der Waals surface area contributed by atoms with Crippen molar-refractivity contribution in [1.29, 1.82) is 0 Å². The van der Waals surface area contributed by atoms with Crippen molar-refractivity contribution in [3.63, 3.8) is 0 Å². The van der Waals surface area contributed by atoms with E-state index in [1.54, 1.807) is 0 Å². The average Bonchev–Trinajstić information content (AvgIpc) is 2.90. The van der Waals surface area contributed by atoms with E-state index in [1.165, 1.54) is 11.1 Å². The molecule has 3 aromatic carbocycles. The molecule has 3 aromatic rings. The molecule has 0 aromatic heterocycles. The summed E-state index contributed by atoms with van der Waals surface area (Å²) in [5.41, 5.74) is 7.05. The van der Waals surface area contributed by atoms with Crippen LogP contribution in [0.3, 0.4) is 0 Å². The first-order valence-electron chi connectivity index (χ1n) is 12.6. The summed E-state index contributed by atoms with van der Waals surface area (Å²) in [6.07, 6.45) is 17.0. The second-order valence-corrected chi connectivity index (χ2v) is 8.57. The predicted molar refractivity (Wildman–Crippen MR) is 155 cm³/mol. The van der Waals surface area contributed by atoms with E-state index in [9.17, 15) is 0 Å². The summed E-state index contributed by atoms with van der Waals surface area (Å²) < 4.78 is 0. The molecule has 0 amide bonds. The zero-order valence-electron chi connectivity index (χ0n) is 21.5. The SMILES string of the molecule is C\C=C/C(C)=C\C=C\Nc1ccc(N(c2ccccc2)c2ccc(C(/C=C\CC)CC)cc2)cc1. The van der Waals surface area contributed by atoms with Gasteiger partial charge in [-0.1, -0.05) is 80.1 Å². The third kappa shape index (κ3) is 7.61. The molecule has 180 valence electrons. The molecular weight excluding hydrogens is 424 g/mol. The van der Waals surface area contributed by atoms with Gasteiger partial charge in [-0.15, -0.1) is 0 Å². The van der Waals surface area contributed by atoms with Crippen molar-refractivity contribution < 1.29 is 0 Å². The summed E-state index contributed by atoms with van der Waals surface area (Å²) in [6, 6.07) is 28.1. The molecule has 3 rings (SSSR count). The van der Waals surface area contributed by atoms with Gasteiger partial charge in [0.1, 0.15) is 0 Å². The monoisotopic (exact) mass is 462 g/mol. The molecule has 1 N–H and O–H groups in total. The second-order valence-electron chi connectivity index (χ2n) is 8.57. The highest BCUT2D eigenvalue weighted by atomic mass is 15.1. The molecule has 0 aliphatic rings. The minimum absolute atomic E-state index is 0.462. The predicted octanol–water partition coefficient (Wildman–Crippen LogP) is 10.1. The third-order valence-corrected chi connectivity index (χ3v) is 5.90. The molecule has 0 aliphatic carbocycles. The number of hydrogen-bond acceptors (Lipinski definition) is 2. The first-order valence-corrected chi connectivity index (χ1v) is 12.6. The Morgan fingerprint density at radius 2 is 1.49 bits per heavy atom. The molecule has 0 bridgehead atoms. The zero-order chi connectivity index (χ0) is 24.9. The van der Waals surface area contributed by atoms with Crippen LogP contribution in [0.1, 0.15) is 52.0 Å². The van der Waals surface area contributed by atoms with E-state index in [0.29, 0.717) is 5.92 Å². The lowest BCUT2D eigenvalue weighted by atomic mass is 9.95. The molecule has 0 heterocycles. The van der Waals surface area contributed by atoms with Crippen LogP contribution in [0.4, 0.5) is 22.7 Å². The van der Waals surface area contributed by atoms with Gasteiger partial charge in [-0.05, 0) is 86.9 Å². The standard InChI is InChI=1S/C33H38N2/c1-5-8-15-28(7-3)29-18-22-32(23-19-29)35(31-16-10-9-11-17-31)33-24-20-30(21-25-33)34-26-12-14-27(4)13-6-2/h6,8-26,28,34H,5,7H2,1-4H3/b13-6-,15-8-,26-12+,27-14-. The van der Waals surface area contributed by atoms with Crippen LogP contribution < -0.4 is 10.2 Å². The maximum Gasteiger partial charge on any atom is 0.0463 e. The molecular formula is C33H38N2. The van der Waals surface area contributed by atoms with Crippen molar-refractivity contribution in [3.8, 4) is 0 Å². The van der Waals surface area contributed by atoms with E-state index >= 15 is 0 Å². The van der Waals surface area contributed by atoms with Crippen molar-refractivity contribution in [1.82, 2.24) is 0 Å². The topological polar surface area (TPSA) is 15.3 Å². The van der Waals surface area contributed by atoms with Gasteiger partial charge in [-0.2, -0.15) is 0 Å². The lowest BCUT2D eigenvalue weighted by Crippen LogP contribution is -2.10. The van der Waals surface area contributed by atoms with Gasteiger partial charge < -0.3 is 10.2 Å². The Kier molecular flexibility index (Phi) is 10.2. The summed E-state index contributed by atoms with van der Waals surface area (Å²) in [5, 5.41) is 3.36. The van der Waals surface area contributed by atoms with Gasteiger partial charge in [0.05, 0.1) is 0 Å². The summed E-state index contributed by atoms with van der Waals surface area (Å²) in [5.74, 6) is 0.462. The van der Waals surface area contributed by atoms with E-state index in [-0.39, 0.29) is 0 Å². The van der Waals surface area contributed by atoms with Crippen LogP contribution >= 0.6 is 0 Å². The molecule has 0 saturated heterocycles. The number of benzene rings is 3. The summed E-state index contributed by atoms with van der Waals surface area (Å²) in [6.45, 7) is 8.55. The Morgan fingerprint density at radius 1 is 0.857 bits per heavy atom. The molecule has 1 unspecified atom stereocenters. The molecule has 0 radical (unpaired) electrons. The highest BCUT2D eigenvalue weighted by Gasteiger charge is 2.13. The Balaban J connectivity index is 1.84. The number of nitrogens with zero attached hydrogens (tertiary/aromatic N) is 1. The van der Waals surface area contributed by atoms with Crippen LogP contribution in [0.25, 0.3) is 0 Å². The van der Waals surface area contributed by atoms with Gasteiger partial charge in [0.2, 0.25) is 0 Å². The highest BCUT2D eigenvalue weighted by Crippen LogP contribution is 2.36. The molecule has 2 nitrogen and oxygen atoms in total. The highest BCUT2D eigenvalue weighted by molar-refractivity contribution is 5.77. The summed E-state index contributed by atoms with van der Waals surface area (Å²) in [4.78, 5) is 2.30. The second kappa shape index (κ2) is 13.8. The number of anilines is 4. The quantitative estimate of drug-likeness (QED) is 0.225. The van der Waals surface area contributed by atoms with Crippen LogP contribution in [0.5, 0.6) is 0 Å². The fourth-order valence-electron chi connectivity index (χ4n) is 4.05. The van der Waals surface area contributed by atoms with Gasteiger partial charge in [0.15, 0.2) is 0 Å². The van der Waals surface area contributed by atoms with Gasteiger partial charge in [-0.25, -0.2) is 0 Å². The summed E-state index contributed by atoms with van der Waals surface area (Å²) in [7, 11) is 0. The van der Waals surface area contributed by atoms with Crippen LogP contribution in [-0.2, 0) is 0 Å². The number of para-hydroxylation sites is 1. The maximum absolute atomic E-state index is 3.36. The Bertz CT molecular complexity index is 1130. The largest absolute Gasteiger partial charge is 0.362 e. The lowest BCUT2D eigenvalue weighted by molar-refractivity contribution is 0.801. The van der Waals surface area contributed by atoms with Crippen LogP contribution in [-0.4, -0.2) is 0 Å². The number of allylic oxidation sites excluding steroid dienone is 7. The van der Waals surface area contributed by atoms with Gasteiger partial charge >= 0.3 is 0 Å². The smallest absolute Gasteiger partial charge is 0.0463 e. The van der Waals surface area contributed by atoms with E-state index in [1.807, 2.05) is 25.3 Å². The van der Waals surface area contributed by atoms with E-state index < -0.39 is 0 Å². The van der Waals surface area contributed by atoms with Crippen LogP contribution in [0.15, 0.2) is 127 Å². The van der Waals surface area contributed by atoms with Crippen LogP contribution in [0.2, 0.25) is 0 Å². The lowest BCUT2D eigenvalue weighted by Gasteiger charge is -2.26.